The number of hydrogen-bond donors (Lipinski definition) is 1. The van der Waals surface area contributed by atoms with Gasteiger partial charge in [0.2, 0.25) is 0 Å². The van der Waals surface area contributed by atoms with Crippen LogP contribution in [0.2, 0.25) is 0 Å². The van der Waals surface area contributed by atoms with E-state index < -0.39 is 26.5 Å². The Hall–Kier alpha value is -1.99. The summed E-state index contributed by atoms with van der Waals surface area (Å²) in [5, 5.41) is 0. The van der Waals surface area contributed by atoms with Crippen molar-refractivity contribution in [1.29, 1.82) is 0 Å². The Labute approximate surface area is 344 Å². The molecule has 0 heterocycles. The third kappa shape index (κ3) is 41.6. The minimum absolute atomic E-state index is 0.000401. The molecule has 0 aromatic rings. The first-order chi connectivity index (χ1) is 27.3. The van der Waals surface area contributed by atoms with Crippen LogP contribution in [0.3, 0.4) is 0 Å². The van der Waals surface area contributed by atoms with Crippen molar-refractivity contribution in [3.63, 3.8) is 0 Å². The van der Waals surface area contributed by atoms with Crippen LogP contribution in [-0.2, 0) is 32.7 Å². The van der Waals surface area contributed by atoms with Crippen LogP contribution in [-0.4, -0.2) is 42.8 Å². The minimum atomic E-state index is -4.28. The van der Waals surface area contributed by atoms with Gasteiger partial charge >= 0.3 is 19.8 Å². The van der Waals surface area contributed by atoms with E-state index in [2.05, 4.69) is 62.5 Å². The quantitative estimate of drug-likeness (QED) is 0.0281. The van der Waals surface area contributed by atoms with Crippen molar-refractivity contribution in [2.45, 2.75) is 219 Å². The van der Waals surface area contributed by atoms with Crippen LogP contribution < -0.4 is 0 Å². The summed E-state index contributed by atoms with van der Waals surface area (Å²) in [7, 11) is -4.28. The van der Waals surface area contributed by atoms with Crippen LogP contribution in [0.15, 0.2) is 48.6 Å². The SMILES string of the molecule is CC/C=C\C/C=C\C/C=C\C/C=C\CCCCCCCCCCCCC(=O)OC(COC(=O)CCCCCCCCCCCCCCC)COP(=O)(O)OCC. The predicted octanol–water partition coefficient (Wildman–Crippen LogP) is 14.6. The molecule has 0 aliphatic heterocycles. The van der Waals surface area contributed by atoms with Crippen LogP contribution in [0.5, 0.6) is 0 Å². The van der Waals surface area contributed by atoms with Crippen LogP contribution in [0.4, 0.5) is 0 Å². The molecule has 0 fully saturated rings. The molecule has 0 aliphatic carbocycles. The lowest BCUT2D eigenvalue weighted by Gasteiger charge is -2.19. The molecule has 0 spiro atoms. The summed E-state index contributed by atoms with van der Waals surface area (Å²) in [6.07, 6.45) is 50.2. The fraction of sp³-hybridized carbons (Fsp3) is 0.787. The number of rotatable bonds is 42. The summed E-state index contributed by atoms with van der Waals surface area (Å²) < 4.78 is 32.7. The van der Waals surface area contributed by atoms with Gasteiger partial charge in [-0.15, -0.1) is 0 Å². The molecule has 2 atom stereocenters. The van der Waals surface area contributed by atoms with E-state index in [1.165, 1.54) is 103 Å². The van der Waals surface area contributed by atoms with E-state index in [-0.39, 0.29) is 25.6 Å². The fourth-order valence-electron chi connectivity index (χ4n) is 6.33. The molecule has 1 N–H and O–H groups in total. The molecule has 2 unspecified atom stereocenters. The number of phosphoric acid groups is 1. The second kappa shape index (κ2) is 42.6. The van der Waals surface area contributed by atoms with E-state index >= 15 is 0 Å². The van der Waals surface area contributed by atoms with Crippen molar-refractivity contribution in [3.05, 3.63) is 48.6 Å². The number of carbonyl (C=O) groups is 2. The number of unbranched alkanes of at least 4 members (excludes halogenated alkanes) is 22. The van der Waals surface area contributed by atoms with Crippen molar-refractivity contribution in [2.75, 3.05) is 19.8 Å². The molecule has 9 heteroatoms. The van der Waals surface area contributed by atoms with Crippen molar-refractivity contribution < 1.29 is 37.6 Å². The Morgan fingerprint density at radius 3 is 1.38 bits per heavy atom. The molecule has 56 heavy (non-hydrogen) atoms. The number of ether oxygens (including phenoxy) is 2. The van der Waals surface area contributed by atoms with E-state index in [0.717, 1.165) is 70.6 Å². The van der Waals surface area contributed by atoms with Crippen LogP contribution in [0.1, 0.15) is 213 Å². The van der Waals surface area contributed by atoms with Crippen LogP contribution in [0, 0.1) is 0 Å². The lowest BCUT2D eigenvalue weighted by Crippen LogP contribution is -2.29. The molecule has 0 aromatic carbocycles. The van der Waals surface area contributed by atoms with Gasteiger partial charge in [0, 0.05) is 12.8 Å². The molecule has 0 radical (unpaired) electrons. The smallest absolute Gasteiger partial charge is 0.462 e. The zero-order valence-electron chi connectivity index (χ0n) is 36.3. The van der Waals surface area contributed by atoms with Crippen molar-refractivity contribution in [3.8, 4) is 0 Å². The highest BCUT2D eigenvalue weighted by molar-refractivity contribution is 7.47. The predicted molar refractivity (Wildman–Crippen MR) is 235 cm³/mol. The zero-order chi connectivity index (χ0) is 41.1. The van der Waals surface area contributed by atoms with Crippen molar-refractivity contribution >= 4 is 19.8 Å². The van der Waals surface area contributed by atoms with Gasteiger partial charge in [-0.1, -0.05) is 191 Å². The lowest BCUT2D eigenvalue weighted by molar-refractivity contribution is -0.161. The molecule has 0 rings (SSSR count). The van der Waals surface area contributed by atoms with Gasteiger partial charge in [-0.25, -0.2) is 4.57 Å². The van der Waals surface area contributed by atoms with Gasteiger partial charge in [-0.3, -0.25) is 18.6 Å². The van der Waals surface area contributed by atoms with Gasteiger partial charge in [-0.2, -0.15) is 0 Å². The van der Waals surface area contributed by atoms with Crippen molar-refractivity contribution in [2.24, 2.45) is 0 Å². The van der Waals surface area contributed by atoms with Gasteiger partial charge < -0.3 is 14.4 Å². The standard InChI is InChI=1S/C47H85O8P/c1-4-7-9-11-13-15-17-19-20-21-22-23-24-25-26-27-28-30-32-34-36-38-40-42-47(49)55-45(44-54-56(50,51)53-6-3)43-52-46(48)41-39-37-35-33-31-29-18-16-14-12-10-8-5-2/h7,9,13,15,19-20,22-23,45H,4-6,8,10-12,14,16-18,21,24-44H2,1-3H3,(H,50,51)/b9-7-,15-13-,20-19-,23-22-. The van der Waals surface area contributed by atoms with Gasteiger partial charge in [-0.05, 0) is 58.3 Å². The minimum Gasteiger partial charge on any atom is -0.462 e. The van der Waals surface area contributed by atoms with Crippen molar-refractivity contribution in [1.82, 2.24) is 0 Å². The molecule has 0 bridgehead atoms. The topological polar surface area (TPSA) is 108 Å². The maximum atomic E-state index is 12.6. The average Bonchev–Trinajstić information content (AvgIpc) is 3.18. The summed E-state index contributed by atoms with van der Waals surface area (Å²) in [4.78, 5) is 34.8. The average molecular weight is 809 g/mol. The summed E-state index contributed by atoms with van der Waals surface area (Å²) in [6.45, 7) is 5.37. The Morgan fingerprint density at radius 2 is 0.911 bits per heavy atom. The normalized spacial score (nSPS) is 13.7. The number of carbonyl (C=O) groups excluding carboxylic acids is 2. The highest BCUT2D eigenvalue weighted by Gasteiger charge is 2.25. The lowest BCUT2D eigenvalue weighted by atomic mass is 10.0. The number of allylic oxidation sites excluding steroid dienone is 8. The zero-order valence-corrected chi connectivity index (χ0v) is 37.2. The van der Waals surface area contributed by atoms with E-state index in [1.807, 2.05) is 0 Å². The number of phosphoric ester groups is 1. The Balaban J connectivity index is 4.01. The van der Waals surface area contributed by atoms with E-state index in [9.17, 15) is 19.0 Å². The number of esters is 2. The molecule has 0 saturated heterocycles. The fourth-order valence-corrected chi connectivity index (χ4v) is 7.08. The first-order valence-corrected chi connectivity index (χ1v) is 24.4. The summed E-state index contributed by atoms with van der Waals surface area (Å²) in [5.41, 5.74) is 0. The maximum Gasteiger partial charge on any atom is 0.472 e. The Kier molecular flexibility index (Phi) is 41.1. The van der Waals surface area contributed by atoms with E-state index in [1.54, 1.807) is 6.92 Å². The van der Waals surface area contributed by atoms with Crippen LogP contribution >= 0.6 is 7.82 Å². The molecule has 0 amide bonds. The molecular formula is C47H85O8P. The van der Waals surface area contributed by atoms with E-state index in [0.29, 0.717) is 12.8 Å². The summed E-state index contributed by atoms with van der Waals surface area (Å²) >= 11 is 0. The molecule has 8 nitrogen and oxygen atoms in total. The second-order valence-electron chi connectivity index (χ2n) is 15.0. The van der Waals surface area contributed by atoms with Gasteiger partial charge in [0.1, 0.15) is 6.61 Å². The first kappa shape index (κ1) is 54.0. The molecule has 0 aromatic heterocycles. The van der Waals surface area contributed by atoms with Gasteiger partial charge in [0.25, 0.3) is 0 Å². The molecule has 0 saturated carbocycles. The molecule has 326 valence electrons. The molecular weight excluding hydrogens is 723 g/mol. The number of hydrogen-bond acceptors (Lipinski definition) is 7. The third-order valence-electron chi connectivity index (χ3n) is 9.65. The van der Waals surface area contributed by atoms with Gasteiger partial charge in [0.15, 0.2) is 6.10 Å². The van der Waals surface area contributed by atoms with E-state index in [4.69, 9.17) is 18.5 Å². The van der Waals surface area contributed by atoms with Crippen LogP contribution in [0.25, 0.3) is 0 Å². The maximum absolute atomic E-state index is 12.6. The summed E-state index contributed by atoms with van der Waals surface area (Å²) in [6, 6.07) is 0. The monoisotopic (exact) mass is 809 g/mol. The Morgan fingerprint density at radius 1 is 0.500 bits per heavy atom. The first-order valence-electron chi connectivity index (χ1n) is 22.9. The third-order valence-corrected chi connectivity index (χ3v) is 10.7. The van der Waals surface area contributed by atoms with Gasteiger partial charge in [0.05, 0.1) is 13.2 Å². The largest absolute Gasteiger partial charge is 0.472 e. The molecule has 0 aliphatic rings. The second-order valence-corrected chi connectivity index (χ2v) is 16.5. The Bertz CT molecular complexity index is 1050. The summed E-state index contributed by atoms with van der Waals surface area (Å²) in [5.74, 6) is -0.798. The highest BCUT2D eigenvalue weighted by atomic mass is 31.2. The highest BCUT2D eigenvalue weighted by Crippen LogP contribution is 2.43.